The molecule has 2 N–H and O–H groups in total. The first-order valence-corrected chi connectivity index (χ1v) is 4.76. The molecule has 1 aromatic rings. The van der Waals surface area contributed by atoms with E-state index in [4.69, 9.17) is 17.0 Å². The lowest BCUT2D eigenvalue weighted by Gasteiger charge is -2.11. The SMILES string of the molecule is O=C(O)C1(c2ccc(O)c(OCl)c2)CC1. The highest BCUT2D eigenvalue weighted by Crippen LogP contribution is 2.49. The lowest BCUT2D eigenvalue weighted by atomic mass is 9.96. The van der Waals surface area contributed by atoms with Crippen LogP contribution in [0.25, 0.3) is 0 Å². The molecule has 1 aliphatic carbocycles. The van der Waals surface area contributed by atoms with Crippen molar-refractivity contribution < 1.29 is 19.3 Å². The molecule has 4 nitrogen and oxygen atoms in total. The molecule has 1 saturated carbocycles. The molecule has 15 heavy (non-hydrogen) atoms. The average Bonchev–Trinajstić information content (AvgIpc) is 2.99. The van der Waals surface area contributed by atoms with E-state index in [0.717, 1.165) is 0 Å². The monoisotopic (exact) mass is 228 g/mol. The van der Waals surface area contributed by atoms with Gasteiger partial charge in [0, 0.05) is 0 Å². The van der Waals surface area contributed by atoms with Crippen molar-refractivity contribution >= 4 is 17.8 Å². The molecule has 0 spiro atoms. The van der Waals surface area contributed by atoms with Gasteiger partial charge in [0.05, 0.1) is 5.41 Å². The molecule has 1 fully saturated rings. The van der Waals surface area contributed by atoms with Gasteiger partial charge < -0.3 is 14.5 Å². The van der Waals surface area contributed by atoms with Crippen molar-refractivity contribution in [1.29, 1.82) is 0 Å². The van der Waals surface area contributed by atoms with Crippen LogP contribution in [-0.4, -0.2) is 16.2 Å². The Kier molecular flexibility index (Phi) is 2.23. The number of benzene rings is 1. The Morgan fingerprint density at radius 3 is 2.60 bits per heavy atom. The van der Waals surface area contributed by atoms with Gasteiger partial charge >= 0.3 is 5.97 Å². The summed E-state index contributed by atoms with van der Waals surface area (Å²) in [7, 11) is 0. The van der Waals surface area contributed by atoms with Gasteiger partial charge in [-0.25, -0.2) is 0 Å². The number of carbonyl (C=O) groups is 1. The molecule has 0 aliphatic heterocycles. The summed E-state index contributed by atoms with van der Waals surface area (Å²) in [6, 6.07) is 4.43. The Hall–Kier alpha value is -1.42. The maximum atomic E-state index is 11.0. The zero-order chi connectivity index (χ0) is 11.1. The fourth-order valence-corrected chi connectivity index (χ4v) is 1.75. The second-order valence-electron chi connectivity index (χ2n) is 3.65. The maximum absolute atomic E-state index is 11.0. The van der Waals surface area contributed by atoms with E-state index in [-0.39, 0.29) is 11.5 Å². The number of phenolic OH excluding ortho intramolecular Hbond substituents is 1. The van der Waals surface area contributed by atoms with E-state index >= 15 is 0 Å². The van der Waals surface area contributed by atoms with Crippen LogP contribution in [0.3, 0.4) is 0 Å². The van der Waals surface area contributed by atoms with Crippen LogP contribution in [0.4, 0.5) is 0 Å². The van der Waals surface area contributed by atoms with Crippen LogP contribution in [0, 0.1) is 0 Å². The fraction of sp³-hybridized carbons (Fsp3) is 0.300. The fourth-order valence-electron chi connectivity index (χ4n) is 1.62. The van der Waals surface area contributed by atoms with Crippen LogP contribution >= 0.6 is 11.9 Å². The summed E-state index contributed by atoms with van der Waals surface area (Å²) in [6.07, 6.45) is 1.21. The van der Waals surface area contributed by atoms with Gasteiger partial charge in [-0.3, -0.25) is 4.79 Å². The number of carboxylic acid groups (broad SMARTS) is 1. The molecule has 0 radical (unpaired) electrons. The number of aliphatic carboxylic acids is 1. The van der Waals surface area contributed by atoms with Crippen molar-refractivity contribution in [2.24, 2.45) is 0 Å². The van der Waals surface area contributed by atoms with Crippen LogP contribution in [-0.2, 0) is 10.2 Å². The lowest BCUT2D eigenvalue weighted by Crippen LogP contribution is -2.19. The third-order valence-corrected chi connectivity index (χ3v) is 2.92. The van der Waals surface area contributed by atoms with Gasteiger partial charge in [0.15, 0.2) is 11.5 Å². The van der Waals surface area contributed by atoms with E-state index in [1.54, 1.807) is 6.07 Å². The standard InChI is InChI=1S/C10H9ClO4/c11-15-8-5-6(1-2-7(8)12)10(3-4-10)9(13)14/h1-2,5,12H,3-4H2,(H,13,14). The Morgan fingerprint density at radius 1 is 1.47 bits per heavy atom. The molecule has 0 heterocycles. The zero-order valence-corrected chi connectivity index (χ0v) is 8.49. The second kappa shape index (κ2) is 3.31. The molecule has 0 aromatic heterocycles. The summed E-state index contributed by atoms with van der Waals surface area (Å²) in [4.78, 5) is 11.0. The molecular formula is C10H9ClO4. The van der Waals surface area contributed by atoms with Crippen molar-refractivity contribution in [2.45, 2.75) is 18.3 Å². The Labute approximate surface area is 91.2 Å². The summed E-state index contributed by atoms with van der Waals surface area (Å²) in [5.74, 6) is -0.870. The largest absolute Gasteiger partial charge is 0.504 e. The molecule has 0 amide bonds. The topological polar surface area (TPSA) is 66.8 Å². The highest BCUT2D eigenvalue weighted by atomic mass is 35.5. The molecule has 0 atom stereocenters. The quantitative estimate of drug-likeness (QED) is 0.831. The summed E-state index contributed by atoms with van der Waals surface area (Å²) in [5, 5.41) is 18.4. The molecular weight excluding hydrogens is 220 g/mol. The minimum atomic E-state index is -0.853. The smallest absolute Gasteiger partial charge is 0.314 e. The Bertz CT molecular complexity index is 412. The van der Waals surface area contributed by atoms with Crippen LogP contribution in [0.15, 0.2) is 18.2 Å². The lowest BCUT2D eigenvalue weighted by molar-refractivity contribution is -0.140. The second-order valence-corrected chi connectivity index (χ2v) is 3.80. The summed E-state index contributed by atoms with van der Waals surface area (Å²) in [5.41, 5.74) is -0.193. The molecule has 80 valence electrons. The van der Waals surface area contributed by atoms with Crippen LogP contribution in [0.5, 0.6) is 11.5 Å². The third-order valence-electron chi connectivity index (χ3n) is 2.75. The van der Waals surface area contributed by atoms with E-state index in [9.17, 15) is 9.90 Å². The summed E-state index contributed by atoms with van der Waals surface area (Å²) < 4.78 is 4.42. The molecule has 5 heteroatoms. The molecule has 0 bridgehead atoms. The summed E-state index contributed by atoms with van der Waals surface area (Å²) >= 11 is 5.15. The van der Waals surface area contributed by atoms with Crippen LogP contribution in [0.2, 0.25) is 0 Å². The number of aromatic hydroxyl groups is 1. The number of hydrogen-bond donors (Lipinski definition) is 2. The van der Waals surface area contributed by atoms with Gasteiger partial charge in [-0.15, -0.1) is 0 Å². The first kappa shape index (κ1) is 10.1. The van der Waals surface area contributed by atoms with Crippen molar-refractivity contribution in [1.82, 2.24) is 0 Å². The normalized spacial score (nSPS) is 17.1. The molecule has 0 saturated heterocycles. The first-order chi connectivity index (χ1) is 7.10. The van der Waals surface area contributed by atoms with E-state index in [2.05, 4.69) is 4.29 Å². The Morgan fingerprint density at radius 2 is 2.13 bits per heavy atom. The van der Waals surface area contributed by atoms with Crippen LogP contribution in [0.1, 0.15) is 18.4 Å². The molecule has 1 aliphatic rings. The van der Waals surface area contributed by atoms with Gasteiger partial charge in [0.25, 0.3) is 0 Å². The number of rotatable bonds is 3. The predicted molar refractivity (Wildman–Crippen MR) is 53.1 cm³/mol. The minimum Gasteiger partial charge on any atom is -0.504 e. The van der Waals surface area contributed by atoms with E-state index < -0.39 is 11.4 Å². The van der Waals surface area contributed by atoms with Crippen molar-refractivity contribution in [3.8, 4) is 11.5 Å². The van der Waals surface area contributed by atoms with E-state index in [0.29, 0.717) is 18.4 Å². The van der Waals surface area contributed by atoms with Crippen molar-refractivity contribution in [3.63, 3.8) is 0 Å². The summed E-state index contributed by atoms with van der Waals surface area (Å²) in [6.45, 7) is 0. The first-order valence-electron chi connectivity index (χ1n) is 4.45. The van der Waals surface area contributed by atoms with Gasteiger partial charge in [-0.2, -0.15) is 0 Å². The third kappa shape index (κ3) is 1.51. The van der Waals surface area contributed by atoms with Crippen molar-refractivity contribution in [2.75, 3.05) is 0 Å². The minimum absolute atomic E-state index is 0.0849. The molecule has 1 aromatic carbocycles. The molecule has 2 rings (SSSR count). The predicted octanol–water partition coefficient (Wildman–Crippen LogP) is 2.04. The highest BCUT2D eigenvalue weighted by Gasteiger charge is 2.51. The highest BCUT2D eigenvalue weighted by molar-refractivity contribution is 6.09. The van der Waals surface area contributed by atoms with Crippen molar-refractivity contribution in [3.05, 3.63) is 23.8 Å². The van der Waals surface area contributed by atoms with E-state index in [1.807, 2.05) is 0 Å². The van der Waals surface area contributed by atoms with Gasteiger partial charge in [0.2, 0.25) is 0 Å². The number of hydrogen-bond acceptors (Lipinski definition) is 3. The van der Waals surface area contributed by atoms with Gasteiger partial charge in [-0.05, 0) is 30.5 Å². The molecule has 0 unspecified atom stereocenters. The number of carboxylic acids is 1. The van der Waals surface area contributed by atoms with Gasteiger partial charge in [-0.1, -0.05) is 6.07 Å². The Balaban J connectivity index is 2.42. The zero-order valence-electron chi connectivity index (χ0n) is 7.74. The number of halogens is 1. The maximum Gasteiger partial charge on any atom is 0.314 e. The van der Waals surface area contributed by atoms with Gasteiger partial charge in [0.1, 0.15) is 11.9 Å². The average molecular weight is 229 g/mol. The van der Waals surface area contributed by atoms with E-state index in [1.165, 1.54) is 12.1 Å². The number of phenols is 1. The van der Waals surface area contributed by atoms with Crippen LogP contribution < -0.4 is 4.29 Å².